The predicted octanol–water partition coefficient (Wildman–Crippen LogP) is 1.50. The van der Waals surface area contributed by atoms with Crippen LogP contribution in [0.5, 0.6) is 0 Å². The Balaban J connectivity index is 1.88. The summed E-state index contributed by atoms with van der Waals surface area (Å²) in [5, 5.41) is 2.74. The number of piperidine rings is 1. The Bertz CT molecular complexity index is 667. The van der Waals surface area contributed by atoms with Crippen LogP contribution >= 0.6 is 0 Å². The quantitative estimate of drug-likeness (QED) is 0.652. The highest BCUT2D eigenvalue weighted by molar-refractivity contribution is 7.89. The van der Waals surface area contributed by atoms with Gasteiger partial charge in [0.1, 0.15) is 0 Å². The molecular weight excluding hydrogens is 356 g/mol. The van der Waals surface area contributed by atoms with Crippen molar-refractivity contribution in [1.82, 2.24) is 9.62 Å². The highest BCUT2D eigenvalue weighted by Crippen LogP contribution is 2.23. The van der Waals surface area contributed by atoms with Gasteiger partial charge in [-0.05, 0) is 43.0 Å². The molecule has 0 saturated carbocycles. The molecule has 26 heavy (non-hydrogen) atoms. The van der Waals surface area contributed by atoms with Gasteiger partial charge < -0.3 is 14.8 Å². The molecule has 1 fully saturated rings. The third kappa shape index (κ3) is 5.77. The van der Waals surface area contributed by atoms with Gasteiger partial charge in [-0.25, -0.2) is 8.42 Å². The van der Waals surface area contributed by atoms with Crippen LogP contribution in [0.2, 0.25) is 0 Å². The number of amides is 1. The molecular formula is C18H28N2O5S. The SMILES string of the molecule is COCCOCCNC(=O)c1ccc(S(=O)(=O)N2CCC(C)CC2)cc1. The summed E-state index contributed by atoms with van der Waals surface area (Å²) in [5.74, 6) is 0.307. The molecule has 0 aliphatic carbocycles. The van der Waals surface area contributed by atoms with E-state index in [1.54, 1.807) is 19.2 Å². The van der Waals surface area contributed by atoms with Gasteiger partial charge in [0, 0.05) is 32.3 Å². The van der Waals surface area contributed by atoms with E-state index in [9.17, 15) is 13.2 Å². The zero-order chi connectivity index (χ0) is 19.0. The summed E-state index contributed by atoms with van der Waals surface area (Å²) in [6.07, 6.45) is 1.76. The van der Waals surface area contributed by atoms with Crippen molar-refractivity contribution in [2.24, 2.45) is 5.92 Å². The Morgan fingerprint density at radius 3 is 2.42 bits per heavy atom. The van der Waals surface area contributed by atoms with Crippen molar-refractivity contribution in [2.75, 3.05) is 46.6 Å². The number of methoxy groups -OCH3 is 1. The number of rotatable bonds is 9. The Kier molecular flexibility index (Phi) is 8.02. The van der Waals surface area contributed by atoms with Gasteiger partial charge >= 0.3 is 0 Å². The summed E-state index contributed by atoms with van der Waals surface area (Å²) in [4.78, 5) is 12.3. The van der Waals surface area contributed by atoms with Gasteiger partial charge in [-0.2, -0.15) is 4.31 Å². The molecule has 1 N–H and O–H groups in total. The minimum Gasteiger partial charge on any atom is -0.382 e. The van der Waals surface area contributed by atoms with Gasteiger partial charge in [-0.15, -0.1) is 0 Å². The second kappa shape index (κ2) is 10.0. The first-order chi connectivity index (χ1) is 12.4. The summed E-state index contributed by atoms with van der Waals surface area (Å²) in [5.41, 5.74) is 0.424. The van der Waals surface area contributed by atoms with Crippen LogP contribution in [0.1, 0.15) is 30.1 Å². The summed E-state index contributed by atoms with van der Waals surface area (Å²) in [7, 11) is -1.89. The van der Waals surface area contributed by atoms with E-state index >= 15 is 0 Å². The van der Waals surface area contributed by atoms with E-state index < -0.39 is 10.0 Å². The third-order valence-corrected chi connectivity index (χ3v) is 6.37. The fraction of sp³-hybridized carbons (Fsp3) is 0.611. The second-order valence-corrected chi connectivity index (χ2v) is 8.41. The molecule has 0 bridgehead atoms. The zero-order valence-corrected chi connectivity index (χ0v) is 16.3. The van der Waals surface area contributed by atoms with Crippen LogP contribution in [0.3, 0.4) is 0 Å². The number of carbonyl (C=O) groups is 1. The predicted molar refractivity (Wildman–Crippen MR) is 98.6 cm³/mol. The molecule has 1 aliphatic rings. The van der Waals surface area contributed by atoms with Gasteiger partial charge in [0.2, 0.25) is 10.0 Å². The van der Waals surface area contributed by atoms with Crippen molar-refractivity contribution in [2.45, 2.75) is 24.7 Å². The topological polar surface area (TPSA) is 84.9 Å². The van der Waals surface area contributed by atoms with E-state index in [1.807, 2.05) is 0 Å². The standard InChI is InChI=1S/C18H28N2O5S/c1-15-7-10-20(11-8-15)26(22,23)17-5-3-16(4-6-17)18(21)19-9-12-25-14-13-24-2/h3-6,15H,7-14H2,1-2H3,(H,19,21). The first kappa shape index (κ1) is 20.8. The van der Waals surface area contributed by atoms with Crippen molar-refractivity contribution in [3.63, 3.8) is 0 Å². The van der Waals surface area contributed by atoms with Crippen LogP contribution in [0.25, 0.3) is 0 Å². The number of hydrogen-bond donors (Lipinski definition) is 1. The number of hydrogen-bond acceptors (Lipinski definition) is 5. The lowest BCUT2D eigenvalue weighted by atomic mass is 10.0. The highest BCUT2D eigenvalue weighted by Gasteiger charge is 2.28. The second-order valence-electron chi connectivity index (χ2n) is 6.47. The molecule has 7 nitrogen and oxygen atoms in total. The Morgan fingerprint density at radius 1 is 1.15 bits per heavy atom. The molecule has 8 heteroatoms. The maximum Gasteiger partial charge on any atom is 0.251 e. The Morgan fingerprint density at radius 2 is 1.81 bits per heavy atom. The van der Waals surface area contributed by atoms with Crippen LogP contribution in [-0.2, 0) is 19.5 Å². The largest absolute Gasteiger partial charge is 0.382 e. The van der Waals surface area contributed by atoms with Crippen LogP contribution in [0, 0.1) is 5.92 Å². The normalized spacial score (nSPS) is 16.5. The average molecular weight is 384 g/mol. The minimum absolute atomic E-state index is 0.228. The number of carbonyl (C=O) groups excluding carboxylic acids is 1. The van der Waals surface area contributed by atoms with Crippen LogP contribution in [-0.4, -0.2) is 65.2 Å². The van der Waals surface area contributed by atoms with Crippen LogP contribution in [0.4, 0.5) is 0 Å². The minimum atomic E-state index is -3.49. The van der Waals surface area contributed by atoms with Crippen LogP contribution in [0.15, 0.2) is 29.2 Å². The monoisotopic (exact) mass is 384 g/mol. The molecule has 1 saturated heterocycles. The van der Waals surface area contributed by atoms with Gasteiger partial charge in [0.25, 0.3) is 5.91 Å². The summed E-state index contributed by atoms with van der Waals surface area (Å²) < 4.78 is 37.0. The average Bonchev–Trinajstić information content (AvgIpc) is 2.65. The third-order valence-electron chi connectivity index (χ3n) is 4.46. The number of ether oxygens (including phenoxy) is 2. The van der Waals surface area contributed by atoms with Crippen molar-refractivity contribution in [3.8, 4) is 0 Å². The van der Waals surface area contributed by atoms with E-state index in [0.717, 1.165) is 12.8 Å². The molecule has 0 atom stereocenters. The van der Waals surface area contributed by atoms with Crippen molar-refractivity contribution in [3.05, 3.63) is 29.8 Å². The van der Waals surface area contributed by atoms with Crippen LogP contribution < -0.4 is 5.32 Å². The summed E-state index contributed by atoms with van der Waals surface area (Å²) >= 11 is 0. The number of benzene rings is 1. The first-order valence-corrected chi connectivity index (χ1v) is 10.3. The zero-order valence-electron chi connectivity index (χ0n) is 15.4. The van der Waals surface area contributed by atoms with E-state index in [2.05, 4.69) is 12.2 Å². The molecule has 146 valence electrons. The Labute approximate surface area is 155 Å². The lowest BCUT2D eigenvalue weighted by Crippen LogP contribution is -2.37. The molecule has 1 amide bonds. The van der Waals surface area contributed by atoms with Crippen molar-refractivity contribution in [1.29, 1.82) is 0 Å². The number of nitrogens with zero attached hydrogens (tertiary/aromatic N) is 1. The first-order valence-electron chi connectivity index (χ1n) is 8.90. The van der Waals surface area contributed by atoms with Gasteiger partial charge in [0.15, 0.2) is 0 Å². The molecule has 2 rings (SSSR count). The smallest absolute Gasteiger partial charge is 0.251 e. The van der Waals surface area contributed by atoms with E-state index in [-0.39, 0.29) is 10.8 Å². The van der Waals surface area contributed by atoms with Gasteiger partial charge in [-0.1, -0.05) is 6.92 Å². The molecule has 0 radical (unpaired) electrons. The molecule has 0 aromatic heterocycles. The Hall–Kier alpha value is -1.48. The van der Waals surface area contributed by atoms with Gasteiger partial charge in [0.05, 0.1) is 24.7 Å². The lowest BCUT2D eigenvalue weighted by molar-refractivity contribution is 0.0692. The molecule has 0 unspecified atom stereocenters. The lowest BCUT2D eigenvalue weighted by Gasteiger charge is -2.29. The highest BCUT2D eigenvalue weighted by atomic mass is 32.2. The van der Waals surface area contributed by atoms with Crippen molar-refractivity contribution < 1.29 is 22.7 Å². The van der Waals surface area contributed by atoms with Crippen molar-refractivity contribution >= 4 is 15.9 Å². The molecule has 1 heterocycles. The summed E-state index contributed by atoms with van der Waals surface area (Å²) in [6, 6.07) is 6.08. The number of nitrogens with one attached hydrogen (secondary N) is 1. The molecule has 1 aromatic rings. The fourth-order valence-electron chi connectivity index (χ4n) is 2.74. The molecule has 0 spiro atoms. The summed E-state index contributed by atoms with van der Waals surface area (Å²) in [6.45, 7) is 5.02. The molecule has 1 aliphatic heterocycles. The van der Waals surface area contributed by atoms with E-state index in [0.29, 0.717) is 50.9 Å². The maximum atomic E-state index is 12.7. The van der Waals surface area contributed by atoms with E-state index in [1.165, 1.54) is 16.4 Å². The van der Waals surface area contributed by atoms with E-state index in [4.69, 9.17) is 9.47 Å². The fourth-order valence-corrected chi connectivity index (χ4v) is 4.21. The molecule has 1 aromatic carbocycles. The number of sulfonamides is 1. The maximum absolute atomic E-state index is 12.7. The van der Waals surface area contributed by atoms with Gasteiger partial charge in [-0.3, -0.25) is 4.79 Å².